The maximum Gasteiger partial charge on any atom is 0.261 e. The van der Waals surface area contributed by atoms with E-state index >= 15 is 0 Å². The molecule has 3 heterocycles. The average molecular weight is 474 g/mol. The fourth-order valence-corrected chi connectivity index (χ4v) is 4.58. The molecule has 1 aliphatic rings. The Kier molecular flexibility index (Phi) is 6.43. The molecule has 0 spiro atoms. The van der Waals surface area contributed by atoms with Crippen LogP contribution in [-0.4, -0.2) is 32.4 Å². The lowest BCUT2D eigenvalue weighted by Gasteiger charge is -2.31. The van der Waals surface area contributed by atoms with Crippen LogP contribution in [0.25, 0.3) is 11.0 Å². The Morgan fingerprint density at radius 3 is 2.47 bits per heavy atom. The molecule has 1 saturated carbocycles. The van der Waals surface area contributed by atoms with Crippen LogP contribution in [0.3, 0.4) is 0 Å². The number of fused-ring (bicyclic) bond motifs is 1. The predicted octanol–water partition coefficient (Wildman–Crippen LogP) is 3.97. The van der Waals surface area contributed by atoms with Gasteiger partial charge in [-0.2, -0.15) is 0 Å². The predicted molar refractivity (Wildman–Crippen MR) is 123 cm³/mol. The van der Waals surface area contributed by atoms with Crippen LogP contribution in [0.1, 0.15) is 49.0 Å². The summed E-state index contributed by atoms with van der Waals surface area (Å²) in [5.41, 5.74) is 0.270. The molecular formula is C22H21Cl2N5O3. The van der Waals surface area contributed by atoms with Gasteiger partial charge in [0.15, 0.2) is 0 Å². The summed E-state index contributed by atoms with van der Waals surface area (Å²) in [6.07, 6.45) is 9.06. The maximum atomic E-state index is 13.1. The number of rotatable bonds is 4. The minimum absolute atomic E-state index is 0.0292. The lowest BCUT2D eigenvalue weighted by molar-refractivity contribution is -0.119. The van der Waals surface area contributed by atoms with Gasteiger partial charge in [-0.15, -0.1) is 0 Å². The molecule has 166 valence electrons. The fourth-order valence-electron chi connectivity index (χ4n) is 4.12. The summed E-state index contributed by atoms with van der Waals surface area (Å²) in [4.78, 5) is 45.8. The monoisotopic (exact) mass is 473 g/mol. The summed E-state index contributed by atoms with van der Waals surface area (Å²) in [7, 11) is 0. The molecule has 0 saturated heterocycles. The van der Waals surface area contributed by atoms with E-state index in [1.807, 2.05) is 4.57 Å². The molecule has 0 bridgehead atoms. The summed E-state index contributed by atoms with van der Waals surface area (Å²) in [6.45, 7) is 1.51. The van der Waals surface area contributed by atoms with E-state index in [0.29, 0.717) is 11.0 Å². The van der Waals surface area contributed by atoms with Crippen molar-refractivity contribution in [2.45, 2.75) is 44.7 Å². The van der Waals surface area contributed by atoms with E-state index in [9.17, 15) is 14.4 Å². The number of aromatic nitrogens is 3. The number of hydrogen-bond donors (Lipinski definition) is 2. The lowest BCUT2D eigenvalue weighted by Crippen LogP contribution is -2.37. The highest BCUT2D eigenvalue weighted by molar-refractivity contribution is 6.39. The SMILES string of the molecule is CC(=O)NC1CCC(n2cc(C(=O)Nc3c(Cl)cncc3Cl)c(=O)c3cccnc32)CC1. The molecule has 0 unspecified atom stereocenters. The van der Waals surface area contributed by atoms with Crippen molar-refractivity contribution in [3.8, 4) is 0 Å². The van der Waals surface area contributed by atoms with Crippen LogP contribution < -0.4 is 16.1 Å². The highest BCUT2D eigenvalue weighted by Gasteiger charge is 2.26. The number of anilines is 1. The van der Waals surface area contributed by atoms with Gasteiger partial charge < -0.3 is 15.2 Å². The Hall–Kier alpha value is -2.97. The quantitative estimate of drug-likeness (QED) is 0.595. The van der Waals surface area contributed by atoms with Crippen LogP contribution in [0.15, 0.2) is 41.7 Å². The van der Waals surface area contributed by atoms with Gasteiger partial charge in [0.05, 0.1) is 21.1 Å². The van der Waals surface area contributed by atoms with Crippen LogP contribution in [0.5, 0.6) is 0 Å². The third kappa shape index (κ3) is 4.47. The molecule has 0 aliphatic heterocycles. The molecule has 32 heavy (non-hydrogen) atoms. The molecular weight excluding hydrogens is 453 g/mol. The third-order valence-corrected chi connectivity index (χ3v) is 6.20. The van der Waals surface area contributed by atoms with Crippen molar-refractivity contribution in [1.82, 2.24) is 19.9 Å². The van der Waals surface area contributed by atoms with Gasteiger partial charge in [-0.25, -0.2) is 4.98 Å². The average Bonchev–Trinajstić information content (AvgIpc) is 2.77. The van der Waals surface area contributed by atoms with Gasteiger partial charge in [-0.3, -0.25) is 19.4 Å². The van der Waals surface area contributed by atoms with Crippen LogP contribution in [0.2, 0.25) is 10.0 Å². The Balaban J connectivity index is 1.70. The van der Waals surface area contributed by atoms with Crippen molar-refractivity contribution >= 4 is 51.7 Å². The minimum atomic E-state index is -0.614. The molecule has 3 aromatic rings. The van der Waals surface area contributed by atoms with Crippen LogP contribution >= 0.6 is 23.2 Å². The summed E-state index contributed by atoms with van der Waals surface area (Å²) in [6, 6.07) is 3.49. The number of amides is 2. The number of carbonyl (C=O) groups excluding carboxylic acids is 2. The zero-order valence-electron chi connectivity index (χ0n) is 17.3. The number of pyridine rings is 3. The van der Waals surface area contributed by atoms with Crippen molar-refractivity contribution in [1.29, 1.82) is 0 Å². The summed E-state index contributed by atoms with van der Waals surface area (Å²) < 4.78 is 1.89. The van der Waals surface area contributed by atoms with Crippen LogP contribution in [-0.2, 0) is 4.79 Å². The molecule has 0 atom stereocenters. The van der Waals surface area contributed by atoms with Crippen LogP contribution in [0.4, 0.5) is 5.69 Å². The van der Waals surface area contributed by atoms with Gasteiger partial charge in [-0.1, -0.05) is 23.2 Å². The van der Waals surface area contributed by atoms with Crippen molar-refractivity contribution in [3.63, 3.8) is 0 Å². The highest BCUT2D eigenvalue weighted by atomic mass is 35.5. The standard InChI is InChI=1S/C22H21Cl2N5O3/c1-12(30)27-13-4-6-14(7-5-13)29-11-16(20(31)15-3-2-8-26-21(15)29)22(32)28-19-17(23)9-25-10-18(19)24/h2-3,8-11,13-14H,4-7H2,1H3,(H,27,30)(H,25,28,32). The first-order valence-corrected chi connectivity index (χ1v) is 11.0. The number of carbonyl (C=O) groups is 2. The van der Waals surface area contributed by atoms with Gasteiger partial charge in [-0.05, 0) is 37.8 Å². The second kappa shape index (κ2) is 9.26. The lowest BCUT2D eigenvalue weighted by atomic mass is 9.90. The first kappa shape index (κ1) is 22.2. The van der Waals surface area contributed by atoms with Crippen molar-refractivity contribution in [2.24, 2.45) is 0 Å². The number of halogens is 2. The van der Waals surface area contributed by atoms with E-state index in [-0.39, 0.29) is 39.3 Å². The molecule has 2 amide bonds. The molecule has 1 fully saturated rings. The van der Waals surface area contributed by atoms with E-state index in [1.54, 1.807) is 24.5 Å². The number of nitrogens with zero attached hydrogens (tertiary/aromatic N) is 3. The third-order valence-electron chi connectivity index (χ3n) is 5.62. The Bertz CT molecular complexity index is 1230. The minimum Gasteiger partial charge on any atom is -0.354 e. The molecule has 10 heteroatoms. The zero-order valence-corrected chi connectivity index (χ0v) is 18.8. The first-order chi connectivity index (χ1) is 15.3. The summed E-state index contributed by atoms with van der Waals surface area (Å²) in [5, 5.41) is 6.29. The normalized spacial score (nSPS) is 18.3. The zero-order chi connectivity index (χ0) is 22.8. The number of nitrogens with one attached hydrogen (secondary N) is 2. The molecule has 8 nitrogen and oxygen atoms in total. The molecule has 1 aliphatic carbocycles. The smallest absolute Gasteiger partial charge is 0.261 e. The van der Waals surface area contributed by atoms with Gasteiger partial charge in [0, 0.05) is 43.8 Å². The Labute approximate surface area is 194 Å². The van der Waals surface area contributed by atoms with Gasteiger partial charge in [0.1, 0.15) is 11.2 Å². The summed E-state index contributed by atoms with van der Waals surface area (Å²) >= 11 is 12.2. The summed E-state index contributed by atoms with van der Waals surface area (Å²) in [5.74, 6) is -0.659. The first-order valence-electron chi connectivity index (χ1n) is 10.2. The second-order valence-electron chi connectivity index (χ2n) is 7.79. The van der Waals surface area contributed by atoms with Gasteiger partial charge in [0.2, 0.25) is 11.3 Å². The Morgan fingerprint density at radius 1 is 1.12 bits per heavy atom. The van der Waals surface area contributed by atoms with E-state index in [4.69, 9.17) is 23.2 Å². The second-order valence-corrected chi connectivity index (χ2v) is 8.61. The van der Waals surface area contributed by atoms with Crippen molar-refractivity contribution in [2.75, 3.05) is 5.32 Å². The maximum absolute atomic E-state index is 13.1. The van der Waals surface area contributed by atoms with E-state index < -0.39 is 11.3 Å². The highest BCUT2D eigenvalue weighted by Crippen LogP contribution is 2.31. The van der Waals surface area contributed by atoms with Crippen molar-refractivity contribution < 1.29 is 9.59 Å². The van der Waals surface area contributed by atoms with Crippen molar-refractivity contribution in [3.05, 3.63) is 62.8 Å². The Morgan fingerprint density at radius 2 is 1.81 bits per heavy atom. The van der Waals surface area contributed by atoms with E-state index in [1.165, 1.54) is 19.3 Å². The topological polar surface area (TPSA) is 106 Å². The van der Waals surface area contributed by atoms with Gasteiger partial charge >= 0.3 is 0 Å². The van der Waals surface area contributed by atoms with Crippen LogP contribution in [0, 0.1) is 0 Å². The number of hydrogen-bond acceptors (Lipinski definition) is 5. The fraction of sp³-hybridized carbons (Fsp3) is 0.318. The van der Waals surface area contributed by atoms with E-state index in [0.717, 1.165) is 25.7 Å². The molecule has 2 N–H and O–H groups in total. The largest absolute Gasteiger partial charge is 0.354 e. The molecule has 0 radical (unpaired) electrons. The molecule has 4 rings (SSSR count). The molecule has 3 aromatic heterocycles. The molecule has 0 aromatic carbocycles. The van der Waals surface area contributed by atoms with E-state index in [2.05, 4.69) is 20.6 Å². The van der Waals surface area contributed by atoms with Gasteiger partial charge in [0.25, 0.3) is 5.91 Å².